The van der Waals surface area contributed by atoms with Gasteiger partial charge in [-0.1, -0.05) is 30.5 Å². The molecule has 0 atom stereocenters. The molecule has 0 heterocycles. The van der Waals surface area contributed by atoms with Crippen LogP contribution in [-0.2, 0) is 19.4 Å². The molecule has 2 aromatic carbocycles. The van der Waals surface area contributed by atoms with Crippen LogP contribution in [0.15, 0.2) is 47.4 Å². The molecule has 1 saturated carbocycles. The fourth-order valence-corrected chi connectivity index (χ4v) is 5.83. The van der Waals surface area contributed by atoms with Crippen LogP contribution in [0.3, 0.4) is 0 Å². The molecule has 154 valence electrons. The van der Waals surface area contributed by atoms with Crippen molar-refractivity contribution in [3.8, 4) is 0 Å². The highest BCUT2D eigenvalue weighted by Crippen LogP contribution is 2.41. The van der Waals surface area contributed by atoms with Gasteiger partial charge in [-0.25, -0.2) is 13.2 Å². The number of nitrogens with one attached hydrogen (secondary N) is 1. The van der Waals surface area contributed by atoms with Crippen LogP contribution >= 0.6 is 11.6 Å². The maximum atomic E-state index is 13.4. The smallest absolute Gasteiger partial charge is 0.337 e. The van der Waals surface area contributed by atoms with Gasteiger partial charge >= 0.3 is 5.97 Å². The van der Waals surface area contributed by atoms with Crippen molar-refractivity contribution < 1.29 is 22.7 Å². The molecule has 0 spiro atoms. The topological polar surface area (TPSA) is 89.5 Å². The number of sulfone groups is 1. The SMILES string of the molecule is COC(=O)c1ccc(C)c(NC(=O)C2(S(=O)(=O)c3ccc(Cl)cc3)CCCC2)c1. The third-order valence-corrected chi connectivity index (χ3v) is 8.14. The predicted octanol–water partition coefficient (Wildman–Crippen LogP) is 4.16. The molecular weight excluding hydrogens is 414 g/mol. The number of carbonyl (C=O) groups excluding carboxylic acids is 2. The molecule has 0 bridgehead atoms. The number of anilines is 1. The third-order valence-electron chi connectivity index (χ3n) is 5.37. The molecule has 0 saturated heterocycles. The van der Waals surface area contributed by atoms with Gasteiger partial charge in [0.05, 0.1) is 17.6 Å². The molecular formula is C21H22ClNO5S. The molecule has 2 aromatic rings. The quantitative estimate of drug-likeness (QED) is 0.712. The van der Waals surface area contributed by atoms with Crippen molar-refractivity contribution in [1.82, 2.24) is 0 Å². The highest BCUT2D eigenvalue weighted by atomic mass is 35.5. The standard InChI is InChI=1S/C21H22ClNO5S/c1-14-5-6-15(19(24)28-2)13-18(14)23-20(25)21(11-3-4-12-21)29(26,27)17-9-7-16(22)8-10-17/h5-10,13H,3-4,11-12H2,1-2H3,(H,23,25). The van der Waals surface area contributed by atoms with Crippen LogP contribution in [0.1, 0.15) is 41.6 Å². The Labute approximate surface area is 175 Å². The molecule has 8 heteroatoms. The Balaban J connectivity index is 1.99. The molecule has 0 radical (unpaired) electrons. The number of rotatable bonds is 5. The summed E-state index contributed by atoms with van der Waals surface area (Å²) in [6, 6.07) is 10.6. The molecule has 0 aliphatic heterocycles. The van der Waals surface area contributed by atoms with E-state index in [9.17, 15) is 18.0 Å². The number of carbonyl (C=O) groups is 2. The molecule has 3 rings (SSSR count). The summed E-state index contributed by atoms with van der Waals surface area (Å²) in [6.07, 6.45) is 1.75. The van der Waals surface area contributed by atoms with E-state index in [1.165, 1.54) is 37.4 Å². The summed E-state index contributed by atoms with van der Waals surface area (Å²) in [6.45, 7) is 1.77. The Hall–Kier alpha value is -2.38. The monoisotopic (exact) mass is 435 g/mol. The molecule has 0 aromatic heterocycles. The molecule has 1 aliphatic carbocycles. The highest BCUT2D eigenvalue weighted by Gasteiger charge is 2.53. The van der Waals surface area contributed by atoms with Crippen LogP contribution in [0.2, 0.25) is 5.02 Å². The number of methoxy groups -OCH3 is 1. The first-order chi connectivity index (χ1) is 13.7. The van der Waals surface area contributed by atoms with Gasteiger partial charge in [-0.3, -0.25) is 4.79 Å². The molecule has 0 unspecified atom stereocenters. The van der Waals surface area contributed by atoms with Crippen molar-refractivity contribution in [2.24, 2.45) is 0 Å². The fraction of sp³-hybridized carbons (Fsp3) is 0.333. The maximum Gasteiger partial charge on any atom is 0.337 e. The van der Waals surface area contributed by atoms with E-state index in [0.29, 0.717) is 29.1 Å². The number of aryl methyl sites for hydroxylation is 1. The summed E-state index contributed by atoms with van der Waals surface area (Å²) in [5.74, 6) is -1.13. The Morgan fingerprint density at radius 2 is 1.69 bits per heavy atom. The number of hydrogen-bond donors (Lipinski definition) is 1. The number of hydrogen-bond acceptors (Lipinski definition) is 5. The zero-order valence-electron chi connectivity index (χ0n) is 16.2. The van der Waals surface area contributed by atoms with Gasteiger partial charge in [-0.15, -0.1) is 0 Å². The van der Waals surface area contributed by atoms with E-state index in [4.69, 9.17) is 16.3 Å². The van der Waals surface area contributed by atoms with Crippen molar-refractivity contribution in [2.45, 2.75) is 42.2 Å². The zero-order chi connectivity index (χ0) is 21.2. The molecule has 1 aliphatic rings. The van der Waals surface area contributed by atoms with Gasteiger partial charge in [-0.05, 0) is 61.7 Å². The normalized spacial score (nSPS) is 15.7. The van der Waals surface area contributed by atoms with Gasteiger partial charge in [0.15, 0.2) is 14.6 Å². The van der Waals surface area contributed by atoms with E-state index >= 15 is 0 Å². The van der Waals surface area contributed by atoms with E-state index < -0.39 is 26.5 Å². The van der Waals surface area contributed by atoms with Crippen LogP contribution in [0, 0.1) is 6.92 Å². The summed E-state index contributed by atoms with van der Waals surface area (Å²) < 4.78 is 30.0. The second-order valence-corrected chi connectivity index (χ2v) is 9.83. The number of benzene rings is 2. The first-order valence-corrected chi connectivity index (χ1v) is 11.1. The lowest BCUT2D eigenvalue weighted by Gasteiger charge is -2.28. The minimum Gasteiger partial charge on any atom is -0.465 e. The van der Waals surface area contributed by atoms with E-state index in [1.54, 1.807) is 19.1 Å². The van der Waals surface area contributed by atoms with Gasteiger partial charge < -0.3 is 10.1 Å². The Bertz CT molecular complexity index is 1040. The van der Waals surface area contributed by atoms with Crippen molar-refractivity contribution in [3.63, 3.8) is 0 Å². The first kappa shape index (κ1) is 21.3. The maximum absolute atomic E-state index is 13.4. The molecule has 1 amide bonds. The van der Waals surface area contributed by atoms with Crippen molar-refractivity contribution in [1.29, 1.82) is 0 Å². The Kier molecular flexibility index (Phi) is 6.00. The molecule has 1 fully saturated rings. The van der Waals surface area contributed by atoms with E-state index in [-0.39, 0.29) is 23.3 Å². The zero-order valence-corrected chi connectivity index (χ0v) is 17.8. The average molecular weight is 436 g/mol. The lowest BCUT2D eigenvalue weighted by atomic mass is 10.0. The van der Waals surface area contributed by atoms with Crippen molar-refractivity contribution >= 4 is 39.0 Å². The summed E-state index contributed by atoms with van der Waals surface area (Å²) in [4.78, 5) is 25.2. The van der Waals surface area contributed by atoms with Crippen molar-refractivity contribution in [2.75, 3.05) is 12.4 Å². The summed E-state index contributed by atoms with van der Waals surface area (Å²) in [5, 5.41) is 3.17. The second-order valence-electron chi connectivity index (χ2n) is 7.13. The predicted molar refractivity (Wildman–Crippen MR) is 111 cm³/mol. The van der Waals surface area contributed by atoms with Crippen LogP contribution in [0.25, 0.3) is 0 Å². The molecule has 29 heavy (non-hydrogen) atoms. The summed E-state index contributed by atoms with van der Waals surface area (Å²) >= 11 is 5.88. The van der Waals surface area contributed by atoms with Gasteiger partial charge in [0, 0.05) is 10.7 Å². The van der Waals surface area contributed by atoms with Crippen LogP contribution in [0.5, 0.6) is 0 Å². The van der Waals surface area contributed by atoms with Gasteiger partial charge in [-0.2, -0.15) is 0 Å². The molecule has 1 N–H and O–H groups in total. The first-order valence-electron chi connectivity index (χ1n) is 9.22. The number of esters is 1. The Morgan fingerprint density at radius 3 is 2.28 bits per heavy atom. The lowest BCUT2D eigenvalue weighted by Crippen LogP contribution is -2.47. The molecule has 6 nitrogen and oxygen atoms in total. The van der Waals surface area contributed by atoms with Crippen LogP contribution in [-0.4, -0.2) is 32.2 Å². The van der Waals surface area contributed by atoms with Crippen LogP contribution in [0.4, 0.5) is 5.69 Å². The van der Waals surface area contributed by atoms with E-state index in [0.717, 1.165) is 0 Å². The summed E-state index contributed by atoms with van der Waals surface area (Å²) in [7, 11) is -2.67. The average Bonchev–Trinajstić information content (AvgIpc) is 3.21. The Morgan fingerprint density at radius 1 is 1.07 bits per heavy atom. The van der Waals surface area contributed by atoms with E-state index in [1.807, 2.05) is 0 Å². The lowest BCUT2D eigenvalue weighted by molar-refractivity contribution is -0.118. The number of halogens is 1. The minimum absolute atomic E-state index is 0.0685. The van der Waals surface area contributed by atoms with Crippen LogP contribution < -0.4 is 5.32 Å². The van der Waals surface area contributed by atoms with Gasteiger partial charge in [0.1, 0.15) is 0 Å². The largest absolute Gasteiger partial charge is 0.465 e. The second kappa shape index (κ2) is 8.16. The number of amides is 1. The number of ether oxygens (including phenoxy) is 1. The van der Waals surface area contributed by atoms with Crippen molar-refractivity contribution in [3.05, 3.63) is 58.6 Å². The summed E-state index contributed by atoms with van der Waals surface area (Å²) in [5.41, 5.74) is 1.37. The highest BCUT2D eigenvalue weighted by molar-refractivity contribution is 7.93. The van der Waals surface area contributed by atoms with E-state index in [2.05, 4.69) is 5.32 Å². The third kappa shape index (κ3) is 3.89. The minimum atomic E-state index is -3.94. The van der Waals surface area contributed by atoms with Gasteiger partial charge in [0.25, 0.3) is 0 Å². The van der Waals surface area contributed by atoms with Gasteiger partial charge in [0.2, 0.25) is 5.91 Å². The fourth-order valence-electron chi connectivity index (χ4n) is 3.64.